The second-order valence-corrected chi connectivity index (χ2v) is 8.59. The molecule has 0 saturated heterocycles. The van der Waals surface area contributed by atoms with E-state index in [0.717, 1.165) is 10.9 Å². The molecular weight excluding hydrogens is 462 g/mol. The number of halogens is 1. The van der Waals surface area contributed by atoms with Gasteiger partial charge >= 0.3 is 0 Å². The first-order valence-electron chi connectivity index (χ1n) is 10.7. The van der Waals surface area contributed by atoms with Gasteiger partial charge in [0.15, 0.2) is 0 Å². The number of aryl methyl sites for hydroxylation is 2. The number of aromatic nitrogens is 6. The molecule has 0 aliphatic carbocycles. The van der Waals surface area contributed by atoms with E-state index in [1.165, 1.54) is 4.57 Å². The highest BCUT2D eigenvalue weighted by Crippen LogP contribution is 2.36. The Labute approximate surface area is 206 Å². The molecular formula is C26H20ClN7O. The van der Waals surface area contributed by atoms with E-state index >= 15 is 0 Å². The van der Waals surface area contributed by atoms with E-state index in [9.17, 15) is 4.79 Å². The van der Waals surface area contributed by atoms with Gasteiger partial charge in [0.25, 0.3) is 5.56 Å². The highest BCUT2D eigenvalue weighted by Gasteiger charge is 2.37. The Kier molecular flexibility index (Phi) is 5.44. The third-order valence-corrected chi connectivity index (χ3v) is 6.38. The summed E-state index contributed by atoms with van der Waals surface area (Å²) in [5.74, 6) is 2.54. The average Bonchev–Trinajstić information content (AvgIpc) is 3.32. The van der Waals surface area contributed by atoms with Crippen LogP contribution in [0.3, 0.4) is 0 Å². The maximum Gasteiger partial charge on any atom is 0.251 e. The summed E-state index contributed by atoms with van der Waals surface area (Å²) in [7, 11) is 3.46. The molecule has 35 heavy (non-hydrogen) atoms. The molecule has 0 amide bonds. The van der Waals surface area contributed by atoms with Crippen LogP contribution >= 0.6 is 11.6 Å². The van der Waals surface area contributed by atoms with Gasteiger partial charge in [-0.25, -0.2) is 9.67 Å². The van der Waals surface area contributed by atoms with E-state index in [4.69, 9.17) is 28.7 Å². The molecule has 0 saturated carbocycles. The fourth-order valence-corrected chi connectivity index (χ4v) is 4.35. The topological polar surface area (TPSA) is 105 Å². The van der Waals surface area contributed by atoms with Crippen LogP contribution in [0.4, 0.5) is 0 Å². The number of fused-ring (bicyclic) bond motifs is 1. The molecule has 2 N–H and O–H groups in total. The summed E-state index contributed by atoms with van der Waals surface area (Å²) in [6.45, 7) is 0. The van der Waals surface area contributed by atoms with E-state index in [2.05, 4.69) is 21.2 Å². The lowest BCUT2D eigenvalue weighted by Crippen LogP contribution is -2.42. The fraction of sp³-hybridized carbons (Fsp3) is 0.115. The Morgan fingerprint density at radius 1 is 1.09 bits per heavy atom. The molecule has 8 nitrogen and oxygen atoms in total. The number of nitrogens with two attached hydrogens (primary N) is 1. The summed E-state index contributed by atoms with van der Waals surface area (Å²) in [6.07, 6.45) is 8.81. The van der Waals surface area contributed by atoms with E-state index in [-0.39, 0.29) is 5.56 Å². The molecule has 0 fully saturated rings. The first kappa shape index (κ1) is 22.5. The summed E-state index contributed by atoms with van der Waals surface area (Å²) in [5.41, 5.74) is 9.96. The van der Waals surface area contributed by atoms with E-state index in [1.54, 1.807) is 55.4 Å². The molecule has 0 aliphatic heterocycles. The van der Waals surface area contributed by atoms with Crippen molar-refractivity contribution < 1.29 is 0 Å². The maximum absolute atomic E-state index is 12.8. The van der Waals surface area contributed by atoms with Crippen molar-refractivity contribution in [1.29, 1.82) is 0 Å². The molecule has 5 rings (SSSR count). The van der Waals surface area contributed by atoms with Gasteiger partial charge in [0.2, 0.25) is 0 Å². The van der Waals surface area contributed by atoms with Crippen LogP contribution < -0.4 is 11.3 Å². The fourth-order valence-electron chi connectivity index (χ4n) is 4.23. The Morgan fingerprint density at radius 3 is 2.54 bits per heavy atom. The minimum Gasteiger partial charge on any atom is -0.311 e. The maximum atomic E-state index is 12.8. The lowest BCUT2D eigenvalue weighted by molar-refractivity contribution is 0.550. The van der Waals surface area contributed by atoms with Crippen molar-refractivity contribution in [2.45, 2.75) is 5.54 Å². The molecule has 0 unspecified atom stereocenters. The third kappa shape index (κ3) is 3.67. The van der Waals surface area contributed by atoms with Crippen LogP contribution in [0, 0.1) is 12.3 Å². The Morgan fingerprint density at radius 2 is 1.86 bits per heavy atom. The van der Waals surface area contributed by atoms with Crippen LogP contribution in [-0.2, 0) is 19.6 Å². The monoisotopic (exact) mass is 481 g/mol. The molecule has 1 atom stereocenters. The number of nitrogens with zero attached hydrogens (tertiary/aromatic N) is 6. The van der Waals surface area contributed by atoms with Crippen molar-refractivity contribution in [2.75, 3.05) is 0 Å². The molecule has 172 valence electrons. The number of rotatable bonds is 4. The predicted molar refractivity (Wildman–Crippen MR) is 135 cm³/mol. The highest BCUT2D eigenvalue weighted by molar-refractivity contribution is 6.30. The van der Waals surface area contributed by atoms with Gasteiger partial charge < -0.3 is 10.3 Å². The quantitative estimate of drug-likeness (QED) is 0.396. The van der Waals surface area contributed by atoms with E-state index in [0.29, 0.717) is 38.9 Å². The first-order chi connectivity index (χ1) is 16.8. The molecule has 9 heteroatoms. The van der Waals surface area contributed by atoms with Crippen molar-refractivity contribution in [3.8, 4) is 23.6 Å². The summed E-state index contributed by atoms with van der Waals surface area (Å²) in [6, 6.07) is 16.0. The molecule has 1 aromatic carbocycles. The van der Waals surface area contributed by atoms with Crippen LogP contribution in [0.15, 0.2) is 71.8 Å². The van der Waals surface area contributed by atoms with E-state index < -0.39 is 5.54 Å². The van der Waals surface area contributed by atoms with Crippen molar-refractivity contribution in [1.82, 2.24) is 29.5 Å². The van der Waals surface area contributed by atoms with Crippen molar-refractivity contribution in [3.05, 3.63) is 105 Å². The summed E-state index contributed by atoms with van der Waals surface area (Å²) < 4.78 is 3.15. The molecule has 5 aromatic rings. The van der Waals surface area contributed by atoms with Gasteiger partial charge in [-0.05, 0) is 35.9 Å². The molecule has 4 aromatic heterocycles. The van der Waals surface area contributed by atoms with E-state index in [1.807, 2.05) is 30.3 Å². The zero-order chi connectivity index (χ0) is 24.7. The standard InChI is InChI=1S/C26H20ClN7O/c1-4-18-6-5-7-21(31-18)19-13-25(35)33(2)22-14-29-23(12-20(19)22)26(28,24-15-30-32-34(24)3)16-8-10-17(27)11-9-16/h1,5-15H,28H2,2-3H3/t26-/m1/s1. The number of hydrogen-bond acceptors (Lipinski definition) is 6. The van der Waals surface area contributed by atoms with Crippen molar-refractivity contribution in [3.63, 3.8) is 0 Å². The average molecular weight is 482 g/mol. The molecule has 0 aliphatic rings. The van der Waals surface area contributed by atoms with Crippen LogP contribution in [0.25, 0.3) is 22.2 Å². The van der Waals surface area contributed by atoms with Gasteiger partial charge in [0.1, 0.15) is 11.2 Å². The lowest BCUT2D eigenvalue weighted by atomic mass is 9.83. The SMILES string of the molecule is C#Cc1cccc(-c2cc(=O)n(C)c3cnc([C@](N)(c4ccc(Cl)cc4)c4cnnn4C)cc23)n1. The van der Waals surface area contributed by atoms with Gasteiger partial charge in [-0.2, -0.15) is 0 Å². The van der Waals surface area contributed by atoms with Gasteiger partial charge in [-0.1, -0.05) is 40.9 Å². The van der Waals surface area contributed by atoms with Crippen molar-refractivity contribution >= 4 is 22.5 Å². The largest absolute Gasteiger partial charge is 0.311 e. The minimum absolute atomic E-state index is 0.192. The van der Waals surface area contributed by atoms with Gasteiger partial charge in [-0.3, -0.25) is 9.78 Å². The molecule has 4 heterocycles. The van der Waals surface area contributed by atoms with Crippen LogP contribution in [0.1, 0.15) is 22.6 Å². The predicted octanol–water partition coefficient (Wildman–Crippen LogP) is 3.01. The number of hydrogen-bond donors (Lipinski definition) is 1. The number of terminal acetylenes is 1. The first-order valence-corrected chi connectivity index (χ1v) is 11.0. The normalized spacial score (nSPS) is 12.9. The highest BCUT2D eigenvalue weighted by atomic mass is 35.5. The zero-order valence-electron chi connectivity index (χ0n) is 19.0. The lowest BCUT2D eigenvalue weighted by Gasteiger charge is -2.30. The third-order valence-electron chi connectivity index (χ3n) is 6.13. The number of benzene rings is 1. The summed E-state index contributed by atoms with van der Waals surface area (Å²) >= 11 is 6.15. The molecule has 0 radical (unpaired) electrons. The van der Waals surface area contributed by atoms with Gasteiger partial charge in [0.05, 0.1) is 35.0 Å². The van der Waals surface area contributed by atoms with Crippen LogP contribution in [0.5, 0.6) is 0 Å². The number of pyridine rings is 3. The molecule has 0 spiro atoms. The van der Waals surface area contributed by atoms with Gasteiger partial charge in [0, 0.05) is 36.1 Å². The molecule has 0 bridgehead atoms. The summed E-state index contributed by atoms with van der Waals surface area (Å²) in [5, 5.41) is 9.45. The zero-order valence-corrected chi connectivity index (χ0v) is 19.7. The summed E-state index contributed by atoms with van der Waals surface area (Å²) in [4.78, 5) is 22.0. The second kappa shape index (κ2) is 8.47. The Bertz CT molecular complexity index is 1680. The second-order valence-electron chi connectivity index (χ2n) is 8.15. The Hall–Kier alpha value is -4.32. The van der Waals surface area contributed by atoms with Crippen molar-refractivity contribution in [2.24, 2.45) is 19.8 Å². The van der Waals surface area contributed by atoms with Crippen LogP contribution in [-0.4, -0.2) is 29.5 Å². The minimum atomic E-state index is -1.21. The van der Waals surface area contributed by atoms with Gasteiger partial charge in [-0.15, -0.1) is 11.5 Å². The smallest absolute Gasteiger partial charge is 0.251 e. The van der Waals surface area contributed by atoms with Crippen LogP contribution in [0.2, 0.25) is 5.02 Å². The Balaban J connectivity index is 1.84.